The zero-order chi connectivity index (χ0) is 18.3. The van der Waals surface area contributed by atoms with Crippen molar-refractivity contribution in [2.75, 3.05) is 7.11 Å². The number of hydrogen-bond acceptors (Lipinski definition) is 1. The van der Waals surface area contributed by atoms with Crippen molar-refractivity contribution in [3.05, 3.63) is 69.0 Å². The highest BCUT2D eigenvalue weighted by Crippen LogP contribution is 2.35. The Morgan fingerprint density at radius 2 is 1.79 bits per heavy atom. The van der Waals surface area contributed by atoms with Crippen LogP contribution in [-0.2, 0) is 0 Å². The van der Waals surface area contributed by atoms with E-state index in [1.807, 2.05) is 20.8 Å². The van der Waals surface area contributed by atoms with Crippen LogP contribution >= 0.6 is 15.9 Å². The van der Waals surface area contributed by atoms with Gasteiger partial charge in [-0.1, -0.05) is 54.9 Å². The maximum atomic E-state index is 13.9. The fourth-order valence-corrected chi connectivity index (χ4v) is 3.21. The minimum Gasteiger partial charge on any atom is -0.494 e. The molecule has 2 aromatic carbocycles. The summed E-state index contributed by atoms with van der Waals surface area (Å²) in [7, 11) is 1.49. The quantitative estimate of drug-likeness (QED) is 0.539. The van der Waals surface area contributed by atoms with Crippen LogP contribution < -0.4 is 4.74 Å². The zero-order valence-corrected chi connectivity index (χ0v) is 16.9. The van der Waals surface area contributed by atoms with E-state index in [1.54, 1.807) is 6.07 Å². The van der Waals surface area contributed by atoms with Crippen LogP contribution in [0.2, 0.25) is 0 Å². The number of hydrogen-bond donors (Lipinski definition) is 0. The Bertz CT molecular complexity index is 720. The lowest BCUT2D eigenvalue weighted by molar-refractivity contribution is 0.386. The molecule has 0 saturated carbocycles. The van der Waals surface area contributed by atoms with E-state index in [2.05, 4.69) is 54.1 Å². The van der Waals surface area contributed by atoms with Gasteiger partial charge in [0.05, 0.1) is 7.11 Å². The molecular weight excluding hydrogens is 367 g/mol. The molecule has 0 unspecified atom stereocenters. The van der Waals surface area contributed by atoms with E-state index < -0.39 is 0 Å². The summed E-state index contributed by atoms with van der Waals surface area (Å²) in [5.41, 5.74) is 5.27. The molecule has 0 aromatic heterocycles. The Hall–Kier alpha value is -1.61. The average Bonchev–Trinajstić information content (AvgIpc) is 2.56. The summed E-state index contributed by atoms with van der Waals surface area (Å²) in [4.78, 5) is 0. The van der Waals surface area contributed by atoms with E-state index in [1.165, 1.54) is 18.7 Å². The largest absolute Gasteiger partial charge is 0.494 e. The normalized spacial score (nSPS) is 10.9. The molecule has 2 rings (SSSR count). The van der Waals surface area contributed by atoms with Gasteiger partial charge in [-0.3, -0.25) is 0 Å². The van der Waals surface area contributed by atoms with Crippen molar-refractivity contribution < 1.29 is 9.13 Å². The third kappa shape index (κ3) is 4.70. The second-order valence-corrected chi connectivity index (χ2v) is 6.17. The molecule has 0 amide bonds. The average molecular weight is 393 g/mol. The van der Waals surface area contributed by atoms with E-state index in [4.69, 9.17) is 4.74 Å². The van der Waals surface area contributed by atoms with Gasteiger partial charge in [-0.15, -0.1) is 0 Å². The van der Waals surface area contributed by atoms with E-state index in [-0.39, 0.29) is 11.6 Å². The van der Waals surface area contributed by atoms with Gasteiger partial charge in [0.15, 0.2) is 11.6 Å². The second kappa shape index (κ2) is 9.63. The fourth-order valence-electron chi connectivity index (χ4n) is 2.51. The van der Waals surface area contributed by atoms with Crippen molar-refractivity contribution in [1.29, 1.82) is 0 Å². The van der Waals surface area contributed by atoms with Crippen LogP contribution in [-0.4, -0.2) is 7.11 Å². The smallest absolute Gasteiger partial charge is 0.165 e. The monoisotopic (exact) mass is 392 g/mol. The van der Waals surface area contributed by atoms with Crippen molar-refractivity contribution >= 4 is 21.5 Å². The highest BCUT2D eigenvalue weighted by atomic mass is 79.9. The van der Waals surface area contributed by atoms with Crippen molar-refractivity contribution in [3.63, 3.8) is 0 Å². The molecule has 0 heterocycles. The second-order valence-electron chi connectivity index (χ2n) is 5.31. The molecule has 0 aliphatic heterocycles. The summed E-state index contributed by atoms with van der Waals surface area (Å²) in [5.74, 6) is -0.0617. The lowest BCUT2D eigenvalue weighted by Crippen LogP contribution is -1.97. The Morgan fingerprint density at radius 3 is 2.33 bits per heavy atom. The first-order chi connectivity index (χ1) is 11.5. The molecule has 0 radical (unpaired) electrons. The van der Waals surface area contributed by atoms with E-state index in [0.717, 1.165) is 33.2 Å². The van der Waals surface area contributed by atoms with Gasteiger partial charge in [-0.2, -0.15) is 0 Å². The molecule has 0 fully saturated rings. The Morgan fingerprint density at radius 1 is 1.12 bits per heavy atom. The predicted molar refractivity (Wildman–Crippen MR) is 105 cm³/mol. The van der Waals surface area contributed by atoms with Crippen LogP contribution in [0.15, 0.2) is 40.9 Å². The summed E-state index contributed by atoms with van der Waals surface area (Å²) in [6, 6.07) is 9.57. The van der Waals surface area contributed by atoms with Gasteiger partial charge in [0.1, 0.15) is 0 Å². The highest BCUT2D eigenvalue weighted by Gasteiger charge is 2.14. The molecule has 0 saturated heterocycles. The third-order valence-electron chi connectivity index (χ3n) is 3.61. The lowest BCUT2D eigenvalue weighted by Gasteiger charge is -2.15. The number of benzene rings is 2. The molecule has 3 heteroatoms. The summed E-state index contributed by atoms with van der Waals surface area (Å²) in [6.07, 6.45) is 3.06. The first kappa shape index (κ1) is 20.4. The molecule has 0 spiro atoms. The predicted octanol–water partition coefficient (Wildman–Crippen LogP) is 7.08. The maximum absolute atomic E-state index is 13.9. The molecule has 1 nitrogen and oxygen atoms in total. The Balaban J connectivity index is 0.00000139. The number of ether oxygens (including phenoxy) is 1. The minimum absolute atomic E-state index is 0.269. The molecule has 0 aliphatic carbocycles. The van der Waals surface area contributed by atoms with E-state index >= 15 is 0 Å². The van der Waals surface area contributed by atoms with Crippen molar-refractivity contribution in [3.8, 4) is 5.75 Å². The van der Waals surface area contributed by atoms with Gasteiger partial charge in [0, 0.05) is 4.47 Å². The molecule has 0 aliphatic rings. The topological polar surface area (TPSA) is 9.23 Å². The molecular formula is C21H26BrFO. The molecule has 24 heavy (non-hydrogen) atoms. The molecule has 0 atom stereocenters. The van der Waals surface area contributed by atoms with Crippen LogP contribution in [0.3, 0.4) is 0 Å². The van der Waals surface area contributed by atoms with Gasteiger partial charge < -0.3 is 4.74 Å². The Labute approximate surface area is 153 Å². The van der Waals surface area contributed by atoms with Gasteiger partial charge in [0.25, 0.3) is 0 Å². The maximum Gasteiger partial charge on any atom is 0.165 e. The van der Waals surface area contributed by atoms with E-state index in [0.29, 0.717) is 0 Å². The molecule has 130 valence electrons. The first-order valence-corrected chi connectivity index (χ1v) is 9.08. The van der Waals surface area contributed by atoms with Gasteiger partial charge in [-0.05, 0) is 66.3 Å². The van der Waals surface area contributed by atoms with Crippen molar-refractivity contribution in [2.45, 2.75) is 41.0 Å². The first-order valence-electron chi connectivity index (χ1n) is 8.29. The number of halogens is 2. The van der Waals surface area contributed by atoms with Crippen LogP contribution in [0.4, 0.5) is 4.39 Å². The number of methoxy groups -OCH3 is 1. The summed E-state index contributed by atoms with van der Waals surface area (Å²) >= 11 is 3.64. The summed E-state index contributed by atoms with van der Waals surface area (Å²) in [5, 5.41) is 0. The van der Waals surface area contributed by atoms with Crippen LogP contribution in [0.1, 0.15) is 49.4 Å². The van der Waals surface area contributed by atoms with E-state index in [9.17, 15) is 4.39 Å². The van der Waals surface area contributed by atoms with Crippen molar-refractivity contribution in [1.82, 2.24) is 0 Å². The fraction of sp³-hybridized carbons (Fsp3) is 0.333. The standard InChI is InChI=1S/C19H20BrFO.C2H6/c1-5-6-14(15-8-7-12(2)9-17(15)20)16-11-19(22-4)18(21)10-13(16)3;1-2/h6-11H,5H2,1-4H3;1-2H3/b14-6+;. The van der Waals surface area contributed by atoms with Gasteiger partial charge in [-0.25, -0.2) is 4.39 Å². The van der Waals surface area contributed by atoms with Crippen molar-refractivity contribution in [2.24, 2.45) is 0 Å². The van der Waals surface area contributed by atoms with Crippen LogP contribution in [0.25, 0.3) is 5.57 Å². The summed E-state index contributed by atoms with van der Waals surface area (Å²) < 4.78 is 20.0. The summed E-state index contributed by atoms with van der Waals surface area (Å²) in [6.45, 7) is 10.1. The lowest BCUT2D eigenvalue weighted by atomic mass is 9.92. The van der Waals surface area contributed by atoms with Gasteiger partial charge >= 0.3 is 0 Å². The molecule has 0 N–H and O–H groups in total. The highest BCUT2D eigenvalue weighted by molar-refractivity contribution is 9.10. The van der Waals surface area contributed by atoms with Gasteiger partial charge in [0.2, 0.25) is 0 Å². The van der Waals surface area contributed by atoms with Crippen LogP contribution in [0.5, 0.6) is 5.75 Å². The van der Waals surface area contributed by atoms with Crippen LogP contribution in [0, 0.1) is 19.7 Å². The Kier molecular flexibility index (Phi) is 8.20. The zero-order valence-electron chi connectivity index (χ0n) is 15.3. The number of allylic oxidation sites excluding steroid dienone is 1. The number of aryl methyl sites for hydroxylation is 2. The third-order valence-corrected chi connectivity index (χ3v) is 4.27. The number of rotatable bonds is 4. The SMILES string of the molecule is CC.CC/C=C(/c1cc(OC)c(F)cc1C)c1ccc(C)cc1Br. The molecule has 0 bridgehead atoms. The molecule has 2 aromatic rings. The minimum atomic E-state index is -0.331.